The fourth-order valence-electron chi connectivity index (χ4n) is 2.61. The maximum absolute atomic E-state index is 12.5. The summed E-state index contributed by atoms with van der Waals surface area (Å²) in [5.41, 5.74) is 0.801. The van der Waals surface area contributed by atoms with Gasteiger partial charge in [-0.05, 0) is 50.5 Å². The molecule has 10 nitrogen and oxygen atoms in total. The molecule has 2 rings (SSSR count). The Morgan fingerprint density at radius 3 is 2.33 bits per heavy atom. The maximum atomic E-state index is 12.5. The monoisotopic (exact) mass is 477 g/mol. The SMILES string of the molecule is CCCC(=O)NCCc1ccc(S(=O)(=O)NC(=O)c2ccc(OC(=O)OC(C)C)nc2)cc1. The van der Waals surface area contributed by atoms with Gasteiger partial charge in [-0.15, -0.1) is 0 Å². The summed E-state index contributed by atoms with van der Waals surface area (Å²) in [6.45, 7) is 5.68. The number of aromatic nitrogens is 1. The molecule has 0 fully saturated rings. The number of carbonyl (C=O) groups excluding carboxylic acids is 3. The summed E-state index contributed by atoms with van der Waals surface area (Å²) in [5.74, 6) is -1.01. The van der Waals surface area contributed by atoms with Crippen LogP contribution in [-0.2, 0) is 26.0 Å². The van der Waals surface area contributed by atoms with Crippen LogP contribution in [0.25, 0.3) is 0 Å². The van der Waals surface area contributed by atoms with Gasteiger partial charge in [0.25, 0.3) is 15.9 Å². The van der Waals surface area contributed by atoms with Gasteiger partial charge in [0.05, 0.1) is 16.6 Å². The normalized spacial score (nSPS) is 11.0. The fourth-order valence-corrected chi connectivity index (χ4v) is 3.59. The first-order valence-corrected chi connectivity index (χ1v) is 11.9. The van der Waals surface area contributed by atoms with E-state index in [1.165, 1.54) is 24.3 Å². The van der Waals surface area contributed by atoms with Gasteiger partial charge in [0.15, 0.2) is 0 Å². The van der Waals surface area contributed by atoms with Crippen LogP contribution in [0.5, 0.6) is 5.88 Å². The number of hydrogen-bond acceptors (Lipinski definition) is 8. The largest absolute Gasteiger partial charge is 0.515 e. The van der Waals surface area contributed by atoms with E-state index in [1.54, 1.807) is 26.0 Å². The van der Waals surface area contributed by atoms with Gasteiger partial charge < -0.3 is 14.8 Å². The van der Waals surface area contributed by atoms with E-state index in [2.05, 4.69) is 10.3 Å². The number of carbonyl (C=O) groups is 3. The van der Waals surface area contributed by atoms with Crippen molar-refractivity contribution in [2.24, 2.45) is 0 Å². The Kier molecular flexibility index (Phi) is 9.34. The lowest BCUT2D eigenvalue weighted by Crippen LogP contribution is -2.30. The van der Waals surface area contributed by atoms with Crippen LogP contribution in [-0.4, -0.2) is 44.0 Å². The first-order chi connectivity index (χ1) is 15.6. The second-order valence-electron chi connectivity index (χ2n) is 7.33. The van der Waals surface area contributed by atoms with E-state index in [-0.39, 0.29) is 28.4 Å². The minimum atomic E-state index is -4.11. The minimum Gasteiger partial charge on any atom is -0.431 e. The Balaban J connectivity index is 1.94. The van der Waals surface area contributed by atoms with Gasteiger partial charge in [0.2, 0.25) is 11.8 Å². The molecule has 33 heavy (non-hydrogen) atoms. The molecule has 11 heteroatoms. The molecule has 0 unspecified atom stereocenters. The molecule has 1 aromatic carbocycles. The lowest BCUT2D eigenvalue weighted by molar-refractivity contribution is -0.121. The molecule has 0 bridgehead atoms. The van der Waals surface area contributed by atoms with Crippen molar-refractivity contribution in [1.82, 2.24) is 15.0 Å². The molecular formula is C22H27N3O7S. The highest BCUT2D eigenvalue weighted by Crippen LogP contribution is 2.13. The number of ether oxygens (including phenoxy) is 2. The molecule has 0 radical (unpaired) electrons. The molecule has 2 aromatic rings. The predicted molar refractivity (Wildman–Crippen MR) is 119 cm³/mol. The Morgan fingerprint density at radius 1 is 1.06 bits per heavy atom. The van der Waals surface area contributed by atoms with Crippen molar-refractivity contribution in [3.05, 3.63) is 53.7 Å². The molecule has 1 aromatic heterocycles. The topological polar surface area (TPSA) is 141 Å². The minimum absolute atomic E-state index is 0.0241. The second-order valence-corrected chi connectivity index (χ2v) is 9.01. The first kappa shape index (κ1) is 25.8. The van der Waals surface area contributed by atoms with E-state index in [1.807, 2.05) is 11.6 Å². The molecule has 178 valence electrons. The molecule has 0 spiro atoms. The van der Waals surface area contributed by atoms with Crippen molar-refractivity contribution in [2.45, 2.75) is 51.0 Å². The summed E-state index contributed by atoms with van der Waals surface area (Å²) in [7, 11) is -4.11. The molecule has 0 saturated carbocycles. The number of nitrogens with zero attached hydrogens (tertiary/aromatic N) is 1. The zero-order valence-corrected chi connectivity index (χ0v) is 19.5. The highest BCUT2D eigenvalue weighted by atomic mass is 32.2. The third-order valence-corrected chi connectivity index (χ3v) is 5.54. The van der Waals surface area contributed by atoms with Crippen LogP contribution < -0.4 is 14.8 Å². The Hall–Kier alpha value is -3.47. The van der Waals surface area contributed by atoms with Gasteiger partial charge >= 0.3 is 6.16 Å². The number of pyridine rings is 1. The molecule has 2 N–H and O–H groups in total. The fraction of sp³-hybridized carbons (Fsp3) is 0.364. The van der Waals surface area contributed by atoms with Crippen LogP contribution in [0, 0.1) is 0 Å². The number of sulfonamides is 1. The molecule has 0 aliphatic rings. The zero-order chi connectivity index (χ0) is 24.4. The van der Waals surface area contributed by atoms with Crippen molar-refractivity contribution in [3.8, 4) is 5.88 Å². The van der Waals surface area contributed by atoms with Gasteiger partial charge in [0.1, 0.15) is 0 Å². The average Bonchev–Trinajstić information content (AvgIpc) is 2.74. The van der Waals surface area contributed by atoms with Crippen molar-refractivity contribution in [3.63, 3.8) is 0 Å². The van der Waals surface area contributed by atoms with Crippen LogP contribution in [0.3, 0.4) is 0 Å². The van der Waals surface area contributed by atoms with Gasteiger partial charge in [-0.25, -0.2) is 22.9 Å². The standard InChI is InChI=1S/C22H27N3O7S/c1-4-5-19(26)23-13-12-16-6-9-18(10-7-16)33(29,30)25-21(27)17-8-11-20(24-14-17)32-22(28)31-15(2)3/h6-11,14-15H,4-5,12-13H2,1-3H3,(H,23,26)(H,25,27). The van der Waals surface area contributed by atoms with Crippen LogP contribution in [0.2, 0.25) is 0 Å². The maximum Gasteiger partial charge on any atom is 0.515 e. The molecular weight excluding hydrogens is 450 g/mol. The Labute approximate surface area is 192 Å². The van der Waals surface area contributed by atoms with E-state index in [4.69, 9.17) is 9.47 Å². The summed E-state index contributed by atoms with van der Waals surface area (Å²) < 4.78 is 36.7. The molecule has 0 aliphatic carbocycles. The summed E-state index contributed by atoms with van der Waals surface area (Å²) >= 11 is 0. The predicted octanol–water partition coefficient (Wildman–Crippen LogP) is 2.58. The third-order valence-electron chi connectivity index (χ3n) is 4.19. The summed E-state index contributed by atoms with van der Waals surface area (Å²) in [6.07, 6.45) is 1.56. The third kappa shape index (κ3) is 8.53. The Morgan fingerprint density at radius 2 is 1.76 bits per heavy atom. The highest BCUT2D eigenvalue weighted by Gasteiger charge is 2.19. The summed E-state index contributed by atoms with van der Waals surface area (Å²) in [6, 6.07) is 8.52. The van der Waals surface area contributed by atoms with E-state index in [9.17, 15) is 22.8 Å². The number of hydrogen-bond donors (Lipinski definition) is 2. The quantitative estimate of drug-likeness (QED) is 0.498. The van der Waals surface area contributed by atoms with Crippen LogP contribution in [0.4, 0.5) is 4.79 Å². The number of nitrogens with one attached hydrogen (secondary N) is 2. The van der Waals surface area contributed by atoms with Crippen molar-refractivity contribution < 1.29 is 32.3 Å². The van der Waals surface area contributed by atoms with Crippen molar-refractivity contribution in [2.75, 3.05) is 6.54 Å². The highest BCUT2D eigenvalue weighted by molar-refractivity contribution is 7.90. The van der Waals surface area contributed by atoms with Crippen molar-refractivity contribution >= 4 is 28.0 Å². The molecule has 0 saturated heterocycles. The molecule has 1 heterocycles. The lowest BCUT2D eigenvalue weighted by atomic mass is 10.1. The van der Waals surface area contributed by atoms with Crippen molar-refractivity contribution in [1.29, 1.82) is 0 Å². The first-order valence-electron chi connectivity index (χ1n) is 10.4. The number of rotatable bonds is 10. The van der Waals surface area contributed by atoms with Gasteiger partial charge in [-0.1, -0.05) is 19.1 Å². The molecule has 0 aliphatic heterocycles. The second kappa shape index (κ2) is 12.0. The van der Waals surface area contributed by atoms with Crippen LogP contribution >= 0.6 is 0 Å². The van der Waals surface area contributed by atoms with Gasteiger partial charge in [-0.3, -0.25) is 9.59 Å². The van der Waals surface area contributed by atoms with E-state index in [0.29, 0.717) is 19.4 Å². The number of benzene rings is 1. The zero-order valence-electron chi connectivity index (χ0n) is 18.7. The summed E-state index contributed by atoms with van der Waals surface area (Å²) in [4.78, 5) is 39.0. The van der Waals surface area contributed by atoms with Crippen LogP contribution in [0.15, 0.2) is 47.5 Å². The van der Waals surface area contributed by atoms with E-state index < -0.39 is 22.1 Å². The molecule has 2 amide bonds. The smallest absolute Gasteiger partial charge is 0.431 e. The molecule has 0 atom stereocenters. The average molecular weight is 478 g/mol. The summed E-state index contributed by atoms with van der Waals surface area (Å²) in [5, 5.41) is 2.79. The Bertz CT molecular complexity index is 1070. The lowest BCUT2D eigenvalue weighted by Gasteiger charge is -2.09. The van der Waals surface area contributed by atoms with E-state index >= 15 is 0 Å². The van der Waals surface area contributed by atoms with Gasteiger partial charge in [-0.2, -0.15) is 0 Å². The van der Waals surface area contributed by atoms with Gasteiger partial charge in [0, 0.05) is 25.2 Å². The number of amides is 2. The van der Waals surface area contributed by atoms with E-state index in [0.717, 1.165) is 18.2 Å². The van der Waals surface area contributed by atoms with Crippen LogP contribution in [0.1, 0.15) is 49.5 Å².